The highest BCUT2D eigenvalue weighted by Gasteiger charge is 2.15. The largest absolute Gasteiger partial charge is 0.511 e. The molecule has 3 nitrogen and oxygen atoms in total. The Hall–Kier alpha value is -1.25. The van der Waals surface area contributed by atoms with Crippen LogP contribution in [0.2, 0.25) is 0 Å². The first-order valence-corrected chi connectivity index (χ1v) is 3.44. The van der Waals surface area contributed by atoms with Gasteiger partial charge in [0.2, 0.25) is 0 Å². The molecule has 0 unspecified atom stereocenters. The molecule has 11 heavy (non-hydrogen) atoms. The predicted octanol–water partition coefficient (Wildman–Crippen LogP) is 1.62. The molecule has 0 fully saturated rings. The molecule has 0 atom stereocenters. The number of aliphatic hydroxyl groups excluding tert-OH is 1. The zero-order valence-electron chi connectivity index (χ0n) is 6.29. The SMILES string of the molecule is CC1=CC(C(=O)O)=C(O)CC1. The van der Waals surface area contributed by atoms with E-state index in [2.05, 4.69) is 0 Å². The molecule has 0 saturated carbocycles. The lowest BCUT2D eigenvalue weighted by molar-refractivity contribution is -0.132. The van der Waals surface area contributed by atoms with Crippen molar-refractivity contribution in [2.75, 3.05) is 0 Å². The average Bonchev–Trinajstić information content (AvgIpc) is 1.94. The lowest BCUT2D eigenvalue weighted by atomic mass is 9.99. The normalized spacial score (nSPS) is 18.1. The Balaban J connectivity index is 2.98. The number of rotatable bonds is 1. The lowest BCUT2D eigenvalue weighted by Gasteiger charge is -2.10. The van der Waals surface area contributed by atoms with Gasteiger partial charge in [0.15, 0.2) is 0 Å². The fourth-order valence-corrected chi connectivity index (χ4v) is 1.04. The van der Waals surface area contributed by atoms with Crippen LogP contribution in [0, 0.1) is 0 Å². The molecule has 0 saturated heterocycles. The fraction of sp³-hybridized carbons (Fsp3) is 0.375. The van der Waals surface area contributed by atoms with E-state index in [9.17, 15) is 4.79 Å². The van der Waals surface area contributed by atoms with Crippen LogP contribution in [0.4, 0.5) is 0 Å². The maximum atomic E-state index is 10.4. The van der Waals surface area contributed by atoms with Crippen molar-refractivity contribution in [2.45, 2.75) is 19.8 Å². The first-order valence-electron chi connectivity index (χ1n) is 3.44. The third kappa shape index (κ3) is 1.61. The molecule has 1 aliphatic rings. The summed E-state index contributed by atoms with van der Waals surface area (Å²) < 4.78 is 0. The first kappa shape index (κ1) is 7.85. The third-order valence-corrected chi connectivity index (χ3v) is 1.69. The van der Waals surface area contributed by atoms with E-state index in [-0.39, 0.29) is 11.3 Å². The Kier molecular flexibility index (Phi) is 1.98. The van der Waals surface area contributed by atoms with E-state index < -0.39 is 5.97 Å². The average molecular weight is 154 g/mol. The van der Waals surface area contributed by atoms with Crippen LogP contribution in [0.1, 0.15) is 19.8 Å². The minimum atomic E-state index is -1.05. The summed E-state index contributed by atoms with van der Waals surface area (Å²) in [7, 11) is 0. The van der Waals surface area contributed by atoms with Crippen LogP contribution >= 0.6 is 0 Å². The van der Waals surface area contributed by atoms with Gasteiger partial charge in [-0.2, -0.15) is 0 Å². The molecule has 1 rings (SSSR count). The second kappa shape index (κ2) is 2.78. The number of carboxylic acid groups (broad SMARTS) is 1. The van der Waals surface area contributed by atoms with Gasteiger partial charge in [0.1, 0.15) is 5.76 Å². The van der Waals surface area contributed by atoms with Crippen molar-refractivity contribution < 1.29 is 15.0 Å². The lowest BCUT2D eigenvalue weighted by Crippen LogP contribution is -2.06. The third-order valence-electron chi connectivity index (χ3n) is 1.69. The maximum absolute atomic E-state index is 10.4. The van der Waals surface area contributed by atoms with Gasteiger partial charge >= 0.3 is 5.97 Å². The standard InChI is InChI=1S/C8H10O3/c1-5-2-3-7(9)6(4-5)8(10)11/h4,9H,2-3H2,1H3,(H,10,11). The van der Waals surface area contributed by atoms with Crippen molar-refractivity contribution in [1.29, 1.82) is 0 Å². The van der Waals surface area contributed by atoms with E-state index in [1.54, 1.807) is 0 Å². The summed E-state index contributed by atoms with van der Waals surface area (Å²) in [5.74, 6) is -1.07. The minimum absolute atomic E-state index is 0.0110. The van der Waals surface area contributed by atoms with Gasteiger partial charge in [0.25, 0.3) is 0 Å². The van der Waals surface area contributed by atoms with Gasteiger partial charge in [-0.05, 0) is 19.4 Å². The molecule has 0 aromatic carbocycles. The minimum Gasteiger partial charge on any atom is -0.511 e. The summed E-state index contributed by atoms with van der Waals surface area (Å²) in [6.45, 7) is 1.86. The highest BCUT2D eigenvalue weighted by molar-refractivity contribution is 5.90. The molecule has 0 heterocycles. The fourth-order valence-electron chi connectivity index (χ4n) is 1.04. The van der Waals surface area contributed by atoms with E-state index in [1.807, 2.05) is 6.92 Å². The van der Waals surface area contributed by atoms with Crippen molar-refractivity contribution in [1.82, 2.24) is 0 Å². The number of carboxylic acids is 1. The Labute approximate surface area is 64.7 Å². The topological polar surface area (TPSA) is 57.5 Å². The van der Waals surface area contributed by atoms with Gasteiger partial charge in [-0.1, -0.05) is 5.57 Å². The molecule has 2 N–H and O–H groups in total. The van der Waals surface area contributed by atoms with Crippen LogP contribution in [-0.2, 0) is 4.79 Å². The van der Waals surface area contributed by atoms with Crippen LogP contribution < -0.4 is 0 Å². The Morgan fingerprint density at radius 3 is 2.64 bits per heavy atom. The summed E-state index contributed by atoms with van der Waals surface area (Å²) in [4.78, 5) is 10.4. The smallest absolute Gasteiger partial charge is 0.339 e. The van der Waals surface area contributed by atoms with E-state index >= 15 is 0 Å². The number of hydrogen-bond donors (Lipinski definition) is 2. The molecule has 0 aliphatic heterocycles. The van der Waals surface area contributed by atoms with Gasteiger partial charge in [-0.15, -0.1) is 0 Å². The van der Waals surface area contributed by atoms with Crippen LogP contribution in [-0.4, -0.2) is 16.2 Å². The Bertz CT molecular complexity index is 248. The van der Waals surface area contributed by atoms with Gasteiger partial charge < -0.3 is 10.2 Å². The highest BCUT2D eigenvalue weighted by atomic mass is 16.4. The van der Waals surface area contributed by atoms with Gasteiger partial charge in [0, 0.05) is 6.42 Å². The molecule has 0 amide bonds. The number of hydrogen-bond acceptors (Lipinski definition) is 2. The predicted molar refractivity (Wildman–Crippen MR) is 40.3 cm³/mol. The molecule has 0 aromatic heterocycles. The maximum Gasteiger partial charge on any atom is 0.339 e. The number of aliphatic hydroxyl groups is 1. The summed E-state index contributed by atoms with van der Waals surface area (Å²) in [6.07, 6.45) is 2.72. The Morgan fingerprint density at radius 1 is 1.55 bits per heavy atom. The van der Waals surface area contributed by atoms with Crippen molar-refractivity contribution in [3.05, 3.63) is 23.0 Å². The molecule has 0 aromatic rings. The molecule has 1 aliphatic carbocycles. The van der Waals surface area contributed by atoms with Crippen LogP contribution in [0.15, 0.2) is 23.0 Å². The number of aliphatic carboxylic acids is 1. The van der Waals surface area contributed by atoms with Gasteiger partial charge in [-0.25, -0.2) is 4.79 Å². The quantitative estimate of drug-likeness (QED) is 0.603. The van der Waals surface area contributed by atoms with Crippen LogP contribution in [0.3, 0.4) is 0 Å². The second-order valence-corrected chi connectivity index (χ2v) is 2.66. The van der Waals surface area contributed by atoms with Gasteiger partial charge in [0.05, 0.1) is 5.57 Å². The van der Waals surface area contributed by atoms with Crippen molar-refractivity contribution >= 4 is 5.97 Å². The highest BCUT2D eigenvalue weighted by Crippen LogP contribution is 2.21. The summed E-state index contributed by atoms with van der Waals surface area (Å²) >= 11 is 0. The van der Waals surface area contributed by atoms with Gasteiger partial charge in [-0.3, -0.25) is 0 Å². The second-order valence-electron chi connectivity index (χ2n) is 2.66. The van der Waals surface area contributed by atoms with Crippen molar-refractivity contribution in [2.24, 2.45) is 0 Å². The molecule has 0 radical (unpaired) electrons. The van der Waals surface area contributed by atoms with Crippen molar-refractivity contribution in [3.63, 3.8) is 0 Å². The zero-order chi connectivity index (χ0) is 8.43. The van der Waals surface area contributed by atoms with Crippen molar-refractivity contribution in [3.8, 4) is 0 Å². The summed E-state index contributed by atoms with van der Waals surface area (Å²) in [5.41, 5.74) is 1.04. The molecule has 0 bridgehead atoms. The van der Waals surface area contributed by atoms with E-state index in [0.29, 0.717) is 6.42 Å². The van der Waals surface area contributed by atoms with E-state index in [4.69, 9.17) is 10.2 Å². The molecule has 0 spiro atoms. The summed E-state index contributed by atoms with van der Waals surface area (Å²) in [6, 6.07) is 0. The zero-order valence-corrected chi connectivity index (χ0v) is 6.29. The van der Waals surface area contributed by atoms with E-state index in [1.165, 1.54) is 6.08 Å². The first-order chi connectivity index (χ1) is 5.11. The Morgan fingerprint density at radius 2 is 2.18 bits per heavy atom. The molecule has 60 valence electrons. The molecular formula is C8H10O3. The summed E-state index contributed by atoms with van der Waals surface area (Å²) in [5, 5.41) is 17.7. The monoisotopic (exact) mass is 154 g/mol. The number of allylic oxidation sites excluding steroid dienone is 2. The van der Waals surface area contributed by atoms with E-state index in [0.717, 1.165) is 12.0 Å². The van der Waals surface area contributed by atoms with Crippen LogP contribution in [0.5, 0.6) is 0 Å². The molecular weight excluding hydrogens is 144 g/mol. The molecule has 3 heteroatoms. The van der Waals surface area contributed by atoms with Crippen LogP contribution in [0.25, 0.3) is 0 Å². The number of carbonyl (C=O) groups is 1.